The van der Waals surface area contributed by atoms with Crippen LogP contribution in [-0.2, 0) is 6.61 Å². The lowest BCUT2D eigenvalue weighted by Gasteiger charge is -2.07. The summed E-state index contributed by atoms with van der Waals surface area (Å²) in [5.41, 5.74) is 7.50. The SMILES string of the molecule is NC(=O)c1cc(COc2ccc(-c3[nH]ncc3Cl)nc2)ccn1. The maximum Gasteiger partial charge on any atom is 0.267 e. The second-order valence-electron chi connectivity index (χ2n) is 4.67. The first-order valence-corrected chi connectivity index (χ1v) is 7.04. The molecule has 0 aliphatic heterocycles. The van der Waals surface area contributed by atoms with Crippen LogP contribution in [0.25, 0.3) is 11.4 Å². The number of nitrogens with zero attached hydrogens (tertiary/aromatic N) is 3. The maximum absolute atomic E-state index is 11.1. The van der Waals surface area contributed by atoms with Gasteiger partial charge in [0.15, 0.2) is 0 Å². The molecule has 0 fully saturated rings. The van der Waals surface area contributed by atoms with E-state index in [0.29, 0.717) is 22.2 Å². The van der Waals surface area contributed by atoms with E-state index < -0.39 is 5.91 Å². The average molecular weight is 330 g/mol. The van der Waals surface area contributed by atoms with Crippen molar-refractivity contribution in [3.8, 4) is 17.1 Å². The Bertz CT molecular complexity index is 832. The zero-order chi connectivity index (χ0) is 16.2. The number of hydrogen-bond donors (Lipinski definition) is 2. The molecule has 7 nitrogen and oxygen atoms in total. The Morgan fingerprint density at radius 3 is 2.78 bits per heavy atom. The molecule has 1 amide bonds. The van der Waals surface area contributed by atoms with Crippen molar-refractivity contribution in [2.24, 2.45) is 5.73 Å². The van der Waals surface area contributed by atoms with Gasteiger partial charge in [-0.05, 0) is 29.8 Å². The molecule has 3 N–H and O–H groups in total. The number of primary amides is 1. The Morgan fingerprint density at radius 2 is 2.13 bits per heavy atom. The summed E-state index contributed by atoms with van der Waals surface area (Å²) < 4.78 is 5.63. The Hall–Kier alpha value is -2.93. The highest BCUT2D eigenvalue weighted by atomic mass is 35.5. The summed E-state index contributed by atoms with van der Waals surface area (Å²) in [6.45, 7) is 0.272. The van der Waals surface area contributed by atoms with E-state index in [9.17, 15) is 4.79 Å². The summed E-state index contributed by atoms with van der Waals surface area (Å²) in [7, 11) is 0. The number of hydrogen-bond acceptors (Lipinski definition) is 5. The van der Waals surface area contributed by atoms with Crippen LogP contribution in [0.1, 0.15) is 16.1 Å². The molecular weight excluding hydrogens is 318 g/mol. The van der Waals surface area contributed by atoms with Crippen LogP contribution in [0.15, 0.2) is 42.9 Å². The van der Waals surface area contributed by atoms with E-state index >= 15 is 0 Å². The zero-order valence-corrected chi connectivity index (χ0v) is 12.6. The van der Waals surface area contributed by atoms with Gasteiger partial charge in [0.25, 0.3) is 5.91 Å². The number of rotatable bonds is 5. The number of nitrogens with one attached hydrogen (secondary N) is 1. The molecule has 0 spiro atoms. The number of carbonyl (C=O) groups is 1. The molecule has 0 aliphatic carbocycles. The highest BCUT2D eigenvalue weighted by molar-refractivity contribution is 6.32. The summed E-state index contributed by atoms with van der Waals surface area (Å²) in [5.74, 6) is 0.0103. The molecule has 0 unspecified atom stereocenters. The van der Waals surface area contributed by atoms with Gasteiger partial charge in [-0.2, -0.15) is 5.10 Å². The molecule has 3 rings (SSSR count). The number of carbonyl (C=O) groups excluding carboxylic acids is 1. The zero-order valence-electron chi connectivity index (χ0n) is 11.9. The molecule has 0 radical (unpaired) electrons. The third kappa shape index (κ3) is 3.46. The number of aromatic nitrogens is 4. The van der Waals surface area contributed by atoms with Crippen molar-refractivity contribution < 1.29 is 9.53 Å². The van der Waals surface area contributed by atoms with Crippen molar-refractivity contribution in [2.45, 2.75) is 6.61 Å². The monoisotopic (exact) mass is 329 g/mol. The van der Waals surface area contributed by atoms with Gasteiger partial charge >= 0.3 is 0 Å². The van der Waals surface area contributed by atoms with Crippen LogP contribution < -0.4 is 10.5 Å². The summed E-state index contributed by atoms with van der Waals surface area (Å²) in [5, 5.41) is 7.13. The third-order valence-corrected chi connectivity index (χ3v) is 3.35. The van der Waals surface area contributed by atoms with E-state index in [0.717, 1.165) is 5.56 Å². The van der Waals surface area contributed by atoms with Crippen LogP contribution in [0.4, 0.5) is 0 Å². The van der Waals surface area contributed by atoms with E-state index in [1.165, 1.54) is 12.4 Å². The van der Waals surface area contributed by atoms with Crippen LogP contribution >= 0.6 is 11.6 Å². The molecule has 0 saturated carbocycles. The first kappa shape index (κ1) is 15.0. The lowest BCUT2D eigenvalue weighted by atomic mass is 10.2. The summed E-state index contributed by atoms with van der Waals surface area (Å²) in [4.78, 5) is 19.2. The molecule has 0 saturated heterocycles. The standard InChI is InChI=1S/C15H12ClN5O2/c16-11-7-20-21-14(11)12-2-1-10(6-19-12)23-8-9-3-4-18-13(5-9)15(17)22/h1-7H,8H2,(H2,17,22)(H,20,21). The minimum Gasteiger partial charge on any atom is -0.487 e. The molecular formula is C15H12ClN5O2. The van der Waals surface area contributed by atoms with Crippen molar-refractivity contribution in [3.63, 3.8) is 0 Å². The average Bonchev–Trinajstić information content (AvgIpc) is 3.00. The number of halogens is 1. The summed E-state index contributed by atoms with van der Waals surface area (Å²) in [6.07, 6.45) is 4.62. The normalized spacial score (nSPS) is 10.5. The predicted molar refractivity (Wildman–Crippen MR) is 83.9 cm³/mol. The fourth-order valence-corrected chi connectivity index (χ4v) is 2.12. The van der Waals surface area contributed by atoms with Gasteiger partial charge in [0.1, 0.15) is 23.7 Å². The minimum atomic E-state index is -0.575. The Morgan fingerprint density at radius 1 is 1.26 bits per heavy atom. The third-order valence-electron chi connectivity index (χ3n) is 3.07. The molecule has 8 heteroatoms. The molecule has 23 heavy (non-hydrogen) atoms. The van der Waals surface area contributed by atoms with Gasteiger partial charge in [0.05, 0.1) is 23.1 Å². The number of H-pyrrole nitrogens is 1. The Labute approximate surface area is 136 Å². The second kappa shape index (κ2) is 6.45. The smallest absolute Gasteiger partial charge is 0.267 e. The first-order valence-electron chi connectivity index (χ1n) is 6.66. The maximum atomic E-state index is 11.1. The van der Waals surface area contributed by atoms with Crippen LogP contribution in [0.5, 0.6) is 5.75 Å². The van der Waals surface area contributed by atoms with Gasteiger partial charge in [0.2, 0.25) is 0 Å². The van der Waals surface area contributed by atoms with Gasteiger partial charge in [-0.15, -0.1) is 0 Å². The van der Waals surface area contributed by atoms with Gasteiger partial charge < -0.3 is 10.5 Å². The summed E-state index contributed by atoms with van der Waals surface area (Å²) in [6, 6.07) is 6.89. The molecule has 3 aromatic heterocycles. The molecule has 116 valence electrons. The van der Waals surface area contributed by atoms with Crippen LogP contribution in [0.3, 0.4) is 0 Å². The van der Waals surface area contributed by atoms with Crippen LogP contribution in [-0.4, -0.2) is 26.1 Å². The largest absolute Gasteiger partial charge is 0.487 e. The first-order chi connectivity index (χ1) is 11.1. The van der Waals surface area contributed by atoms with Crippen molar-refractivity contribution >= 4 is 17.5 Å². The molecule has 0 atom stereocenters. The molecule has 0 aromatic carbocycles. The Kier molecular flexibility index (Phi) is 4.20. The number of amides is 1. The van der Waals surface area contributed by atoms with Crippen LogP contribution in [0, 0.1) is 0 Å². The van der Waals surface area contributed by atoms with Crippen molar-refractivity contribution in [1.82, 2.24) is 20.2 Å². The minimum absolute atomic E-state index is 0.202. The number of ether oxygens (including phenoxy) is 1. The highest BCUT2D eigenvalue weighted by Crippen LogP contribution is 2.24. The van der Waals surface area contributed by atoms with Crippen molar-refractivity contribution in [2.75, 3.05) is 0 Å². The number of pyridine rings is 2. The molecule has 3 heterocycles. The van der Waals surface area contributed by atoms with E-state index in [2.05, 4.69) is 20.2 Å². The van der Waals surface area contributed by atoms with E-state index in [1.807, 2.05) is 0 Å². The number of aromatic amines is 1. The van der Waals surface area contributed by atoms with E-state index in [-0.39, 0.29) is 12.3 Å². The summed E-state index contributed by atoms with van der Waals surface area (Å²) >= 11 is 5.99. The fourth-order valence-electron chi connectivity index (χ4n) is 1.93. The lowest BCUT2D eigenvalue weighted by Crippen LogP contribution is -2.13. The van der Waals surface area contributed by atoms with Gasteiger partial charge in [-0.1, -0.05) is 11.6 Å². The molecule has 3 aromatic rings. The second-order valence-corrected chi connectivity index (χ2v) is 5.08. The fraction of sp³-hybridized carbons (Fsp3) is 0.0667. The topological polar surface area (TPSA) is 107 Å². The lowest BCUT2D eigenvalue weighted by molar-refractivity contribution is 0.0995. The highest BCUT2D eigenvalue weighted by Gasteiger charge is 2.07. The molecule has 0 aliphatic rings. The van der Waals surface area contributed by atoms with E-state index in [4.69, 9.17) is 22.1 Å². The van der Waals surface area contributed by atoms with Crippen molar-refractivity contribution in [3.05, 3.63) is 59.1 Å². The Balaban J connectivity index is 1.68. The van der Waals surface area contributed by atoms with Crippen molar-refractivity contribution in [1.29, 1.82) is 0 Å². The van der Waals surface area contributed by atoms with E-state index in [1.54, 1.807) is 30.5 Å². The van der Waals surface area contributed by atoms with Gasteiger partial charge in [-0.3, -0.25) is 19.9 Å². The van der Waals surface area contributed by atoms with Gasteiger partial charge in [0, 0.05) is 6.20 Å². The van der Waals surface area contributed by atoms with Crippen LogP contribution in [0.2, 0.25) is 5.02 Å². The molecule has 0 bridgehead atoms. The number of nitrogens with two attached hydrogens (primary N) is 1. The van der Waals surface area contributed by atoms with Gasteiger partial charge in [-0.25, -0.2) is 0 Å². The predicted octanol–water partition coefficient (Wildman–Crippen LogP) is 2.20. The quantitative estimate of drug-likeness (QED) is 0.746.